The van der Waals surface area contributed by atoms with E-state index in [1.165, 1.54) is 0 Å². The standard InChI is InChI=1S/C11H23N5O/c12-10(9-15-5-1-13-2-6-15)11(17)16-7-3-14-4-8-16/h10,13-14H,1-9,12H2. The van der Waals surface area contributed by atoms with Gasteiger partial charge >= 0.3 is 0 Å². The largest absolute Gasteiger partial charge is 0.339 e. The lowest BCUT2D eigenvalue weighted by atomic mass is 10.2. The summed E-state index contributed by atoms with van der Waals surface area (Å²) in [4.78, 5) is 16.2. The van der Waals surface area contributed by atoms with Crippen LogP contribution in [0, 0.1) is 0 Å². The first kappa shape index (κ1) is 12.8. The number of hydrogen-bond acceptors (Lipinski definition) is 5. The predicted molar refractivity (Wildman–Crippen MR) is 66.7 cm³/mol. The Labute approximate surface area is 102 Å². The van der Waals surface area contributed by atoms with Crippen LogP contribution in [-0.2, 0) is 4.79 Å². The van der Waals surface area contributed by atoms with Gasteiger partial charge in [-0.3, -0.25) is 9.69 Å². The van der Waals surface area contributed by atoms with Crippen LogP contribution in [0.5, 0.6) is 0 Å². The van der Waals surface area contributed by atoms with Crippen LogP contribution in [0.3, 0.4) is 0 Å². The molecule has 1 unspecified atom stereocenters. The highest BCUT2D eigenvalue weighted by Crippen LogP contribution is 2.00. The summed E-state index contributed by atoms with van der Waals surface area (Å²) >= 11 is 0. The highest BCUT2D eigenvalue weighted by atomic mass is 16.2. The molecule has 0 aromatic carbocycles. The van der Waals surface area contributed by atoms with Crippen molar-refractivity contribution in [1.29, 1.82) is 0 Å². The summed E-state index contributed by atoms with van der Waals surface area (Å²) in [6.45, 7) is 7.99. The molecule has 0 aromatic rings. The summed E-state index contributed by atoms with van der Waals surface area (Å²) in [5, 5.41) is 6.53. The summed E-state index contributed by atoms with van der Waals surface area (Å²) in [5.74, 6) is 0.102. The van der Waals surface area contributed by atoms with E-state index in [1.807, 2.05) is 4.90 Å². The monoisotopic (exact) mass is 241 g/mol. The van der Waals surface area contributed by atoms with E-state index in [9.17, 15) is 4.79 Å². The first-order chi connectivity index (χ1) is 8.27. The van der Waals surface area contributed by atoms with Crippen molar-refractivity contribution in [1.82, 2.24) is 20.4 Å². The number of nitrogens with zero attached hydrogens (tertiary/aromatic N) is 2. The van der Waals surface area contributed by atoms with E-state index in [0.29, 0.717) is 6.54 Å². The fraction of sp³-hybridized carbons (Fsp3) is 0.909. The van der Waals surface area contributed by atoms with Crippen molar-refractivity contribution < 1.29 is 4.79 Å². The zero-order chi connectivity index (χ0) is 12.1. The summed E-state index contributed by atoms with van der Waals surface area (Å²) in [7, 11) is 0. The molecule has 2 aliphatic rings. The van der Waals surface area contributed by atoms with Gasteiger partial charge in [-0.25, -0.2) is 0 Å². The van der Waals surface area contributed by atoms with E-state index in [-0.39, 0.29) is 11.9 Å². The maximum Gasteiger partial charge on any atom is 0.240 e. The molecule has 0 spiro atoms. The molecule has 6 heteroatoms. The molecule has 2 saturated heterocycles. The number of nitrogens with one attached hydrogen (secondary N) is 2. The van der Waals surface area contributed by atoms with Crippen LogP contribution in [0.2, 0.25) is 0 Å². The summed E-state index contributed by atoms with van der Waals surface area (Å²) in [6.07, 6.45) is 0. The fourth-order valence-corrected chi connectivity index (χ4v) is 2.37. The molecule has 1 atom stereocenters. The molecule has 6 nitrogen and oxygen atoms in total. The molecular weight excluding hydrogens is 218 g/mol. The van der Waals surface area contributed by atoms with Gasteiger partial charge in [-0.15, -0.1) is 0 Å². The molecule has 0 aromatic heterocycles. The molecule has 2 fully saturated rings. The van der Waals surface area contributed by atoms with Crippen LogP contribution >= 0.6 is 0 Å². The minimum atomic E-state index is -0.369. The van der Waals surface area contributed by atoms with E-state index < -0.39 is 0 Å². The lowest BCUT2D eigenvalue weighted by molar-refractivity contribution is -0.133. The van der Waals surface area contributed by atoms with Crippen molar-refractivity contribution in [2.45, 2.75) is 6.04 Å². The number of amides is 1. The number of rotatable bonds is 3. The molecule has 2 heterocycles. The Morgan fingerprint density at radius 1 is 1.06 bits per heavy atom. The zero-order valence-corrected chi connectivity index (χ0v) is 10.3. The highest BCUT2D eigenvalue weighted by Gasteiger charge is 2.24. The van der Waals surface area contributed by atoms with Crippen molar-refractivity contribution in [3.8, 4) is 0 Å². The average Bonchev–Trinajstić information content (AvgIpc) is 2.40. The van der Waals surface area contributed by atoms with Crippen molar-refractivity contribution in [2.75, 3.05) is 58.9 Å². The van der Waals surface area contributed by atoms with Gasteiger partial charge in [0.15, 0.2) is 0 Å². The van der Waals surface area contributed by atoms with Crippen LogP contribution in [0.25, 0.3) is 0 Å². The van der Waals surface area contributed by atoms with E-state index in [4.69, 9.17) is 5.73 Å². The number of piperazine rings is 2. The first-order valence-electron chi connectivity index (χ1n) is 6.45. The van der Waals surface area contributed by atoms with Crippen LogP contribution < -0.4 is 16.4 Å². The van der Waals surface area contributed by atoms with Gasteiger partial charge in [-0.2, -0.15) is 0 Å². The third-order valence-electron chi connectivity index (χ3n) is 3.41. The molecule has 0 saturated carbocycles. The van der Waals surface area contributed by atoms with E-state index in [1.54, 1.807) is 0 Å². The quantitative estimate of drug-likeness (QED) is 0.516. The Morgan fingerprint density at radius 2 is 1.59 bits per heavy atom. The second kappa shape index (κ2) is 6.30. The van der Waals surface area contributed by atoms with Crippen LogP contribution in [-0.4, -0.2) is 80.7 Å². The molecule has 1 amide bonds. The van der Waals surface area contributed by atoms with Crippen LogP contribution in [0.15, 0.2) is 0 Å². The van der Waals surface area contributed by atoms with Crippen LogP contribution in [0.4, 0.5) is 0 Å². The Kier molecular flexibility index (Phi) is 4.73. The van der Waals surface area contributed by atoms with Gasteiger partial charge in [0.1, 0.15) is 0 Å². The van der Waals surface area contributed by atoms with Gasteiger partial charge in [0.2, 0.25) is 5.91 Å². The van der Waals surface area contributed by atoms with Gasteiger partial charge in [-0.05, 0) is 0 Å². The molecular formula is C11H23N5O. The minimum absolute atomic E-state index is 0.102. The molecule has 0 aliphatic carbocycles. The fourth-order valence-electron chi connectivity index (χ4n) is 2.37. The Morgan fingerprint density at radius 3 is 2.18 bits per heavy atom. The Hall–Kier alpha value is -0.690. The number of carbonyl (C=O) groups excluding carboxylic acids is 1. The maximum atomic E-state index is 12.1. The second-order valence-electron chi connectivity index (χ2n) is 4.73. The molecule has 2 rings (SSSR count). The lowest BCUT2D eigenvalue weighted by Gasteiger charge is -2.33. The summed E-state index contributed by atoms with van der Waals surface area (Å²) < 4.78 is 0. The number of carbonyl (C=O) groups is 1. The normalized spacial score (nSPS) is 24.6. The lowest BCUT2D eigenvalue weighted by Crippen LogP contribution is -2.56. The maximum absolute atomic E-state index is 12.1. The molecule has 17 heavy (non-hydrogen) atoms. The molecule has 4 N–H and O–H groups in total. The van der Waals surface area contributed by atoms with Gasteiger partial charge < -0.3 is 21.3 Å². The predicted octanol–water partition coefficient (Wildman–Crippen LogP) is -2.35. The smallest absolute Gasteiger partial charge is 0.240 e. The minimum Gasteiger partial charge on any atom is -0.339 e. The van der Waals surface area contributed by atoms with Gasteiger partial charge in [-0.1, -0.05) is 0 Å². The molecule has 2 aliphatic heterocycles. The second-order valence-corrected chi connectivity index (χ2v) is 4.73. The van der Waals surface area contributed by atoms with E-state index in [2.05, 4.69) is 15.5 Å². The summed E-state index contributed by atoms with van der Waals surface area (Å²) in [5.41, 5.74) is 6.01. The van der Waals surface area contributed by atoms with Crippen LogP contribution in [0.1, 0.15) is 0 Å². The molecule has 98 valence electrons. The van der Waals surface area contributed by atoms with E-state index in [0.717, 1.165) is 52.4 Å². The third kappa shape index (κ3) is 3.64. The summed E-state index contributed by atoms with van der Waals surface area (Å²) in [6, 6.07) is -0.369. The van der Waals surface area contributed by atoms with Gasteiger partial charge in [0, 0.05) is 58.9 Å². The number of hydrogen-bond donors (Lipinski definition) is 3. The van der Waals surface area contributed by atoms with Crippen molar-refractivity contribution >= 4 is 5.91 Å². The van der Waals surface area contributed by atoms with Crippen molar-refractivity contribution in [3.05, 3.63) is 0 Å². The van der Waals surface area contributed by atoms with Gasteiger partial charge in [0.25, 0.3) is 0 Å². The molecule has 0 bridgehead atoms. The van der Waals surface area contributed by atoms with Crippen molar-refractivity contribution in [2.24, 2.45) is 5.73 Å². The van der Waals surface area contributed by atoms with Gasteiger partial charge in [0.05, 0.1) is 6.04 Å². The van der Waals surface area contributed by atoms with E-state index >= 15 is 0 Å². The molecule has 0 radical (unpaired) electrons. The van der Waals surface area contributed by atoms with Crippen molar-refractivity contribution in [3.63, 3.8) is 0 Å². The SMILES string of the molecule is NC(CN1CCNCC1)C(=O)N1CCNCC1. The highest BCUT2D eigenvalue weighted by molar-refractivity contribution is 5.82. The third-order valence-corrected chi connectivity index (χ3v) is 3.41. The Bertz CT molecular complexity index is 248. The first-order valence-corrected chi connectivity index (χ1v) is 6.45. The Balaban J connectivity index is 1.77. The zero-order valence-electron chi connectivity index (χ0n) is 10.3. The number of nitrogens with two attached hydrogens (primary N) is 1. The topological polar surface area (TPSA) is 73.6 Å². The average molecular weight is 241 g/mol.